The van der Waals surface area contributed by atoms with E-state index in [0.29, 0.717) is 29.0 Å². The minimum atomic E-state index is 0.316. The van der Waals surface area contributed by atoms with Crippen molar-refractivity contribution in [2.75, 3.05) is 13.7 Å². The average Bonchev–Trinajstić information content (AvgIpc) is 2.48. The lowest BCUT2D eigenvalue weighted by atomic mass is 10.1. The number of hydrogen-bond acceptors (Lipinski definition) is 3. The fourth-order valence-corrected chi connectivity index (χ4v) is 2.03. The Balaban J connectivity index is 2.38. The highest BCUT2D eigenvalue weighted by atomic mass is 35.5. The molecule has 0 spiro atoms. The van der Waals surface area contributed by atoms with Crippen LogP contribution in [0.15, 0.2) is 30.3 Å². The van der Waals surface area contributed by atoms with Crippen molar-refractivity contribution in [2.24, 2.45) is 0 Å². The molecule has 3 nitrogen and oxygen atoms in total. The van der Waals surface area contributed by atoms with Crippen molar-refractivity contribution in [1.29, 1.82) is 0 Å². The van der Waals surface area contributed by atoms with Gasteiger partial charge in [-0.25, -0.2) is 4.98 Å². The highest BCUT2D eigenvalue weighted by Gasteiger charge is 2.11. The molecule has 0 saturated heterocycles. The second kappa shape index (κ2) is 7.01. The third-order valence-corrected chi connectivity index (χ3v) is 3.09. The Morgan fingerprint density at radius 3 is 2.71 bits per heavy atom. The van der Waals surface area contributed by atoms with Crippen molar-refractivity contribution in [3.05, 3.63) is 52.2 Å². The number of rotatable bonds is 3. The number of ether oxygens (including phenoxy) is 2. The van der Waals surface area contributed by atoms with E-state index >= 15 is 0 Å². The predicted molar refractivity (Wildman–Crippen MR) is 84.1 cm³/mol. The van der Waals surface area contributed by atoms with Crippen LogP contribution in [0.1, 0.15) is 23.7 Å². The van der Waals surface area contributed by atoms with E-state index in [0.717, 1.165) is 5.56 Å². The van der Waals surface area contributed by atoms with Crippen molar-refractivity contribution < 1.29 is 9.47 Å². The van der Waals surface area contributed by atoms with Gasteiger partial charge in [-0.15, -0.1) is 0 Å². The summed E-state index contributed by atoms with van der Waals surface area (Å²) in [5.41, 5.74) is 2.66. The van der Waals surface area contributed by atoms with Crippen LogP contribution in [0.5, 0.6) is 11.6 Å². The number of hydrogen-bond donors (Lipinski definition) is 0. The maximum atomic E-state index is 6.14. The Labute approximate surface area is 129 Å². The Morgan fingerprint density at radius 2 is 2.05 bits per heavy atom. The van der Waals surface area contributed by atoms with Gasteiger partial charge in [0.25, 0.3) is 0 Å². The van der Waals surface area contributed by atoms with Gasteiger partial charge >= 0.3 is 0 Å². The van der Waals surface area contributed by atoms with E-state index in [1.165, 1.54) is 12.7 Å². The van der Waals surface area contributed by atoms with Gasteiger partial charge in [0.15, 0.2) is 0 Å². The fourth-order valence-electron chi connectivity index (χ4n) is 1.80. The maximum absolute atomic E-state index is 6.14. The van der Waals surface area contributed by atoms with E-state index in [1.807, 2.05) is 38.1 Å². The summed E-state index contributed by atoms with van der Waals surface area (Å²) < 4.78 is 10.6. The molecule has 0 unspecified atom stereocenters. The Kier molecular flexibility index (Phi) is 5.08. The van der Waals surface area contributed by atoms with Gasteiger partial charge in [0.1, 0.15) is 16.5 Å². The molecule has 0 bridgehead atoms. The van der Waals surface area contributed by atoms with Gasteiger partial charge < -0.3 is 9.47 Å². The van der Waals surface area contributed by atoms with Gasteiger partial charge in [0, 0.05) is 11.6 Å². The van der Waals surface area contributed by atoms with Gasteiger partial charge in [0.2, 0.25) is 5.88 Å². The lowest BCUT2D eigenvalue weighted by Crippen LogP contribution is -1.98. The molecule has 0 N–H and O–H groups in total. The van der Waals surface area contributed by atoms with E-state index in [2.05, 4.69) is 16.8 Å². The molecule has 108 valence electrons. The standard InChI is InChI=1S/C17H16ClNO2/c1-4-21-15-11-14(19-17(20-3)16(15)18)9-8-13-7-5-6-12(2)10-13/h5-7,10-11H,4H2,1-3H3. The number of nitrogens with zero attached hydrogens (tertiary/aromatic N) is 1. The van der Waals surface area contributed by atoms with Crippen LogP contribution in [0.25, 0.3) is 0 Å². The Bertz CT molecular complexity index is 702. The first-order valence-electron chi connectivity index (χ1n) is 6.60. The molecule has 0 aliphatic heterocycles. The van der Waals surface area contributed by atoms with Crippen LogP contribution >= 0.6 is 11.6 Å². The molecule has 1 aromatic carbocycles. The summed E-state index contributed by atoms with van der Waals surface area (Å²) in [6.07, 6.45) is 0. The van der Waals surface area contributed by atoms with E-state index in [4.69, 9.17) is 21.1 Å². The third-order valence-electron chi connectivity index (χ3n) is 2.74. The number of aryl methyl sites for hydroxylation is 1. The molecule has 0 amide bonds. The second-order valence-electron chi connectivity index (χ2n) is 4.38. The Morgan fingerprint density at radius 1 is 1.24 bits per heavy atom. The zero-order valence-corrected chi connectivity index (χ0v) is 13.0. The molecule has 2 aromatic rings. The highest BCUT2D eigenvalue weighted by Crippen LogP contribution is 2.32. The molecule has 2 rings (SSSR count). The summed E-state index contributed by atoms with van der Waals surface area (Å²) in [7, 11) is 1.52. The van der Waals surface area contributed by atoms with Crippen LogP contribution in [0.2, 0.25) is 5.02 Å². The van der Waals surface area contributed by atoms with Crippen LogP contribution in [0, 0.1) is 18.8 Å². The number of halogens is 1. The maximum Gasteiger partial charge on any atom is 0.237 e. The molecule has 21 heavy (non-hydrogen) atoms. The van der Waals surface area contributed by atoms with Crippen molar-refractivity contribution in [3.8, 4) is 23.5 Å². The normalized spacial score (nSPS) is 9.71. The predicted octanol–water partition coefficient (Wildman–Crippen LogP) is 3.85. The fraction of sp³-hybridized carbons (Fsp3) is 0.235. The summed E-state index contributed by atoms with van der Waals surface area (Å²) in [4.78, 5) is 4.26. The van der Waals surface area contributed by atoms with Gasteiger partial charge in [-0.2, -0.15) is 0 Å². The van der Waals surface area contributed by atoms with Crippen LogP contribution in [-0.4, -0.2) is 18.7 Å². The smallest absolute Gasteiger partial charge is 0.237 e. The molecular formula is C17H16ClNO2. The number of methoxy groups -OCH3 is 1. The summed E-state index contributed by atoms with van der Waals surface area (Å²) in [6, 6.07) is 9.69. The summed E-state index contributed by atoms with van der Waals surface area (Å²) in [6.45, 7) is 4.43. The summed E-state index contributed by atoms with van der Waals surface area (Å²) in [5.74, 6) is 6.93. The molecule has 0 saturated carbocycles. The minimum absolute atomic E-state index is 0.316. The first-order chi connectivity index (χ1) is 10.1. The molecule has 0 fully saturated rings. The third kappa shape index (κ3) is 3.90. The molecule has 4 heteroatoms. The highest BCUT2D eigenvalue weighted by molar-refractivity contribution is 6.33. The van der Waals surface area contributed by atoms with Gasteiger partial charge in [0.05, 0.1) is 13.7 Å². The average molecular weight is 302 g/mol. The summed E-state index contributed by atoms with van der Waals surface area (Å²) in [5, 5.41) is 0.362. The molecule has 0 atom stereocenters. The van der Waals surface area contributed by atoms with E-state index in [9.17, 15) is 0 Å². The largest absolute Gasteiger partial charge is 0.492 e. The first-order valence-corrected chi connectivity index (χ1v) is 6.98. The van der Waals surface area contributed by atoms with Gasteiger partial charge in [-0.05, 0) is 37.5 Å². The zero-order chi connectivity index (χ0) is 15.2. The molecule has 0 radical (unpaired) electrons. The summed E-state index contributed by atoms with van der Waals surface area (Å²) >= 11 is 6.14. The van der Waals surface area contributed by atoms with Crippen LogP contribution in [0.3, 0.4) is 0 Å². The van der Waals surface area contributed by atoms with Gasteiger partial charge in [-0.1, -0.05) is 29.7 Å². The van der Waals surface area contributed by atoms with Crippen LogP contribution < -0.4 is 9.47 Å². The van der Waals surface area contributed by atoms with Crippen molar-refractivity contribution >= 4 is 11.6 Å². The van der Waals surface area contributed by atoms with E-state index in [-0.39, 0.29) is 0 Å². The second-order valence-corrected chi connectivity index (χ2v) is 4.76. The Hall–Kier alpha value is -2.18. The van der Waals surface area contributed by atoms with Crippen molar-refractivity contribution in [1.82, 2.24) is 4.98 Å². The molecule has 1 aromatic heterocycles. The van der Waals surface area contributed by atoms with Crippen molar-refractivity contribution in [3.63, 3.8) is 0 Å². The van der Waals surface area contributed by atoms with Crippen LogP contribution in [-0.2, 0) is 0 Å². The number of pyridine rings is 1. The van der Waals surface area contributed by atoms with E-state index < -0.39 is 0 Å². The number of benzene rings is 1. The van der Waals surface area contributed by atoms with Crippen molar-refractivity contribution in [2.45, 2.75) is 13.8 Å². The first kappa shape index (κ1) is 15.2. The topological polar surface area (TPSA) is 31.4 Å². The minimum Gasteiger partial charge on any atom is -0.492 e. The lowest BCUT2D eigenvalue weighted by molar-refractivity contribution is 0.334. The van der Waals surface area contributed by atoms with Crippen LogP contribution in [0.4, 0.5) is 0 Å². The SMILES string of the molecule is CCOc1cc(C#Cc2cccc(C)c2)nc(OC)c1Cl. The monoisotopic (exact) mass is 301 g/mol. The molecule has 1 heterocycles. The molecular weight excluding hydrogens is 286 g/mol. The lowest BCUT2D eigenvalue weighted by Gasteiger charge is -2.09. The molecule has 0 aliphatic rings. The quantitative estimate of drug-likeness (QED) is 0.807. The zero-order valence-electron chi connectivity index (χ0n) is 12.2. The number of aromatic nitrogens is 1. The molecule has 0 aliphatic carbocycles. The van der Waals surface area contributed by atoms with Gasteiger partial charge in [-0.3, -0.25) is 0 Å². The van der Waals surface area contributed by atoms with E-state index in [1.54, 1.807) is 6.07 Å².